The number of nitro groups is 2. The van der Waals surface area contributed by atoms with Crippen molar-refractivity contribution in [1.82, 2.24) is 0 Å². The van der Waals surface area contributed by atoms with Crippen LogP contribution in [0.15, 0.2) is 84.9 Å². The minimum absolute atomic E-state index is 0.0288. The molecule has 0 saturated heterocycles. The molecule has 6 nitrogen and oxygen atoms in total. The lowest BCUT2D eigenvalue weighted by molar-refractivity contribution is -0.385. The number of benzene rings is 4. The quantitative estimate of drug-likeness (QED) is 0.274. The Hall–Kier alpha value is -4.32. The van der Waals surface area contributed by atoms with Crippen LogP contribution < -0.4 is 0 Å². The predicted molar refractivity (Wildman–Crippen MR) is 123 cm³/mol. The molecule has 0 atom stereocenters. The summed E-state index contributed by atoms with van der Waals surface area (Å²) in [6.07, 6.45) is 1.73. The number of non-ortho nitro benzene ring substituents is 2. The van der Waals surface area contributed by atoms with E-state index in [1.54, 1.807) is 24.3 Å². The summed E-state index contributed by atoms with van der Waals surface area (Å²) in [6.45, 7) is 0. The summed E-state index contributed by atoms with van der Waals surface area (Å²) in [5.41, 5.74) is 7.87. The lowest BCUT2D eigenvalue weighted by Gasteiger charge is -2.24. The third kappa shape index (κ3) is 3.41. The van der Waals surface area contributed by atoms with Gasteiger partial charge in [0.15, 0.2) is 0 Å². The van der Waals surface area contributed by atoms with E-state index in [0.717, 1.165) is 51.8 Å². The first-order chi connectivity index (χ1) is 15.5. The summed E-state index contributed by atoms with van der Waals surface area (Å²) in [5.74, 6) is 0. The second-order valence-electron chi connectivity index (χ2n) is 7.83. The molecule has 0 aromatic heterocycles. The van der Waals surface area contributed by atoms with Crippen LogP contribution in [0.1, 0.15) is 11.1 Å². The van der Waals surface area contributed by atoms with Gasteiger partial charge in [-0.15, -0.1) is 0 Å². The van der Waals surface area contributed by atoms with Gasteiger partial charge >= 0.3 is 0 Å². The van der Waals surface area contributed by atoms with Crippen LogP contribution in [0.25, 0.3) is 33.4 Å². The second-order valence-corrected chi connectivity index (χ2v) is 7.83. The fraction of sp³-hybridized carbons (Fsp3) is 0.0769. The van der Waals surface area contributed by atoms with Crippen molar-refractivity contribution < 1.29 is 9.85 Å². The SMILES string of the molecule is O=[N+]([O-])c1cccc(-c2cc3c(c(-c4cccc([N+](=O)[O-])c4)c2)-c2ccccc2CC3)c1. The number of hydrogen-bond acceptors (Lipinski definition) is 4. The first kappa shape index (κ1) is 19.6. The van der Waals surface area contributed by atoms with Crippen LogP contribution in [0.3, 0.4) is 0 Å². The maximum atomic E-state index is 11.4. The summed E-state index contributed by atoms with van der Waals surface area (Å²) >= 11 is 0. The molecule has 32 heavy (non-hydrogen) atoms. The van der Waals surface area contributed by atoms with E-state index in [1.165, 1.54) is 17.7 Å². The first-order valence-electron chi connectivity index (χ1n) is 10.3. The van der Waals surface area contributed by atoms with Gasteiger partial charge in [0.2, 0.25) is 0 Å². The van der Waals surface area contributed by atoms with Gasteiger partial charge < -0.3 is 0 Å². The standard InChI is InChI=1S/C26H18N2O4/c29-27(30)22-8-3-6-18(14-22)21-13-20-12-11-17-5-1-2-10-24(17)26(20)25(16-21)19-7-4-9-23(15-19)28(31)32/h1-10,13-16H,11-12H2. The number of nitrogens with zero attached hydrogens (tertiary/aromatic N) is 2. The Bertz CT molecular complexity index is 1390. The highest BCUT2D eigenvalue weighted by atomic mass is 16.6. The molecule has 0 N–H and O–H groups in total. The van der Waals surface area contributed by atoms with Gasteiger partial charge in [-0.2, -0.15) is 0 Å². The minimum atomic E-state index is -0.403. The third-order valence-electron chi connectivity index (χ3n) is 5.93. The fourth-order valence-corrected chi connectivity index (χ4v) is 4.45. The molecule has 0 fully saturated rings. The molecule has 0 spiro atoms. The summed E-state index contributed by atoms with van der Waals surface area (Å²) in [5, 5.41) is 22.7. The number of fused-ring (bicyclic) bond motifs is 3. The zero-order valence-electron chi connectivity index (χ0n) is 17.0. The van der Waals surface area contributed by atoms with E-state index < -0.39 is 9.85 Å². The number of aryl methyl sites for hydroxylation is 2. The molecular weight excluding hydrogens is 404 g/mol. The van der Waals surface area contributed by atoms with Crippen LogP contribution in [0, 0.1) is 20.2 Å². The van der Waals surface area contributed by atoms with Gasteiger partial charge in [0, 0.05) is 24.3 Å². The van der Waals surface area contributed by atoms with Gasteiger partial charge in [0.1, 0.15) is 0 Å². The predicted octanol–water partition coefficient (Wildman–Crippen LogP) is 6.60. The van der Waals surface area contributed by atoms with Gasteiger partial charge in [-0.3, -0.25) is 20.2 Å². The van der Waals surface area contributed by atoms with Crippen LogP contribution in [-0.4, -0.2) is 9.85 Å². The zero-order valence-corrected chi connectivity index (χ0v) is 17.0. The van der Waals surface area contributed by atoms with Gasteiger partial charge in [-0.1, -0.05) is 54.6 Å². The van der Waals surface area contributed by atoms with Gasteiger partial charge in [-0.25, -0.2) is 0 Å². The van der Waals surface area contributed by atoms with Crippen LogP contribution in [0.4, 0.5) is 11.4 Å². The Labute approximate surface area is 184 Å². The van der Waals surface area contributed by atoms with E-state index in [9.17, 15) is 20.2 Å². The molecule has 1 aliphatic rings. The van der Waals surface area contributed by atoms with Crippen molar-refractivity contribution in [1.29, 1.82) is 0 Å². The highest BCUT2D eigenvalue weighted by molar-refractivity contribution is 5.92. The van der Waals surface area contributed by atoms with Crippen molar-refractivity contribution >= 4 is 11.4 Å². The van der Waals surface area contributed by atoms with E-state index in [0.29, 0.717) is 0 Å². The highest BCUT2D eigenvalue weighted by Gasteiger charge is 2.22. The van der Waals surface area contributed by atoms with Crippen molar-refractivity contribution in [3.05, 3.63) is 116 Å². The van der Waals surface area contributed by atoms with Gasteiger partial charge in [0.05, 0.1) is 9.85 Å². The molecule has 0 saturated carbocycles. The molecule has 0 amide bonds. The maximum absolute atomic E-state index is 11.4. The topological polar surface area (TPSA) is 86.3 Å². The number of hydrogen-bond donors (Lipinski definition) is 0. The van der Waals surface area contributed by atoms with Crippen LogP contribution in [0.2, 0.25) is 0 Å². The fourth-order valence-electron chi connectivity index (χ4n) is 4.45. The van der Waals surface area contributed by atoms with E-state index in [4.69, 9.17) is 0 Å². The summed E-state index contributed by atoms with van der Waals surface area (Å²) in [6, 6.07) is 25.5. The monoisotopic (exact) mass is 422 g/mol. The van der Waals surface area contributed by atoms with E-state index in [1.807, 2.05) is 30.3 Å². The molecular formula is C26H18N2O4. The van der Waals surface area contributed by atoms with Crippen LogP contribution >= 0.6 is 0 Å². The van der Waals surface area contributed by atoms with Crippen molar-refractivity contribution in [2.45, 2.75) is 12.8 Å². The third-order valence-corrected chi connectivity index (χ3v) is 5.93. The Balaban J connectivity index is 1.78. The van der Waals surface area contributed by atoms with E-state index >= 15 is 0 Å². The zero-order chi connectivity index (χ0) is 22.2. The second kappa shape index (κ2) is 7.74. The molecule has 5 rings (SSSR count). The maximum Gasteiger partial charge on any atom is 0.270 e. The molecule has 0 aliphatic heterocycles. The van der Waals surface area contributed by atoms with E-state index in [2.05, 4.69) is 18.2 Å². The molecule has 4 aromatic rings. The molecule has 4 aromatic carbocycles. The van der Waals surface area contributed by atoms with Crippen molar-refractivity contribution in [2.75, 3.05) is 0 Å². The Morgan fingerprint density at radius 3 is 1.91 bits per heavy atom. The molecule has 0 bridgehead atoms. The molecule has 6 heteroatoms. The van der Waals surface area contributed by atoms with E-state index in [-0.39, 0.29) is 11.4 Å². The molecule has 0 unspecified atom stereocenters. The molecule has 0 radical (unpaired) electrons. The van der Waals surface area contributed by atoms with Crippen LogP contribution in [0.5, 0.6) is 0 Å². The molecule has 1 aliphatic carbocycles. The Morgan fingerprint density at radius 2 is 1.19 bits per heavy atom. The van der Waals surface area contributed by atoms with Crippen molar-refractivity contribution in [3.63, 3.8) is 0 Å². The molecule has 156 valence electrons. The summed E-state index contributed by atoms with van der Waals surface area (Å²) < 4.78 is 0. The first-order valence-corrected chi connectivity index (χ1v) is 10.3. The van der Waals surface area contributed by atoms with Crippen molar-refractivity contribution in [3.8, 4) is 33.4 Å². The lowest BCUT2D eigenvalue weighted by Crippen LogP contribution is -2.06. The summed E-state index contributed by atoms with van der Waals surface area (Å²) in [7, 11) is 0. The average molecular weight is 422 g/mol. The Morgan fingerprint density at radius 1 is 0.562 bits per heavy atom. The Kier molecular flexibility index (Phi) is 4.75. The molecule has 0 heterocycles. The van der Waals surface area contributed by atoms with Crippen LogP contribution in [-0.2, 0) is 12.8 Å². The summed E-state index contributed by atoms with van der Waals surface area (Å²) in [4.78, 5) is 21.9. The highest BCUT2D eigenvalue weighted by Crippen LogP contribution is 2.43. The lowest BCUT2D eigenvalue weighted by atomic mass is 9.79. The smallest absolute Gasteiger partial charge is 0.258 e. The van der Waals surface area contributed by atoms with Crippen molar-refractivity contribution in [2.24, 2.45) is 0 Å². The number of rotatable bonds is 4. The minimum Gasteiger partial charge on any atom is -0.258 e. The average Bonchev–Trinajstić information content (AvgIpc) is 2.83. The normalized spacial score (nSPS) is 12.0. The van der Waals surface area contributed by atoms with Gasteiger partial charge in [-0.05, 0) is 63.4 Å². The largest absolute Gasteiger partial charge is 0.270 e. The van der Waals surface area contributed by atoms with Gasteiger partial charge in [0.25, 0.3) is 11.4 Å². The number of nitro benzene ring substituents is 2.